The number of ether oxygens (including phenoxy) is 1. The van der Waals surface area contributed by atoms with Gasteiger partial charge in [-0.25, -0.2) is 4.39 Å². The van der Waals surface area contributed by atoms with E-state index in [0.717, 1.165) is 0 Å². The van der Waals surface area contributed by atoms with Crippen molar-refractivity contribution in [2.75, 3.05) is 4.90 Å². The van der Waals surface area contributed by atoms with E-state index in [2.05, 4.69) is 0 Å². The maximum atomic E-state index is 13.9. The predicted molar refractivity (Wildman–Crippen MR) is 80.4 cm³/mol. The molecule has 1 N–H and O–H groups in total. The molecule has 0 aliphatic carbocycles. The SMILES string of the molecule is CCC1Oc2cc(O)ccc2N(Cc2ccccc2F)C1=O. The summed E-state index contributed by atoms with van der Waals surface area (Å²) < 4.78 is 19.5. The molecule has 0 bridgehead atoms. The summed E-state index contributed by atoms with van der Waals surface area (Å²) in [7, 11) is 0. The van der Waals surface area contributed by atoms with E-state index in [9.17, 15) is 14.3 Å². The number of anilines is 1. The second-order valence-corrected chi connectivity index (χ2v) is 5.18. The Balaban J connectivity index is 2.01. The van der Waals surface area contributed by atoms with Crippen LogP contribution in [-0.2, 0) is 11.3 Å². The fourth-order valence-corrected chi connectivity index (χ4v) is 2.53. The van der Waals surface area contributed by atoms with Crippen molar-refractivity contribution in [1.82, 2.24) is 0 Å². The number of amides is 1. The number of rotatable bonds is 3. The Labute approximate surface area is 127 Å². The Kier molecular flexibility index (Phi) is 3.71. The van der Waals surface area contributed by atoms with Crippen molar-refractivity contribution in [1.29, 1.82) is 0 Å². The number of hydrogen-bond acceptors (Lipinski definition) is 3. The second-order valence-electron chi connectivity index (χ2n) is 5.18. The summed E-state index contributed by atoms with van der Waals surface area (Å²) in [6.45, 7) is 1.97. The average Bonchev–Trinajstić information content (AvgIpc) is 2.51. The van der Waals surface area contributed by atoms with E-state index in [-0.39, 0.29) is 24.0 Å². The van der Waals surface area contributed by atoms with Crippen LogP contribution in [0.5, 0.6) is 11.5 Å². The van der Waals surface area contributed by atoms with Crippen LogP contribution < -0.4 is 9.64 Å². The van der Waals surface area contributed by atoms with Gasteiger partial charge in [0.15, 0.2) is 6.10 Å². The van der Waals surface area contributed by atoms with Crippen LogP contribution in [0, 0.1) is 5.82 Å². The van der Waals surface area contributed by atoms with Gasteiger partial charge in [0.2, 0.25) is 0 Å². The Morgan fingerprint density at radius 3 is 2.77 bits per heavy atom. The molecule has 114 valence electrons. The van der Waals surface area contributed by atoms with E-state index in [0.29, 0.717) is 23.4 Å². The normalized spacial score (nSPS) is 17.1. The minimum atomic E-state index is -0.624. The largest absolute Gasteiger partial charge is 0.508 e. The topological polar surface area (TPSA) is 49.8 Å². The molecule has 0 fully saturated rings. The minimum absolute atomic E-state index is 0.0637. The summed E-state index contributed by atoms with van der Waals surface area (Å²) in [6.07, 6.45) is -0.122. The number of phenols is 1. The number of carbonyl (C=O) groups is 1. The third-order valence-corrected chi connectivity index (χ3v) is 3.70. The molecule has 1 unspecified atom stereocenters. The lowest BCUT2D eigenvalue weighted by Gasteiger charge is -2.34. The fraction of sp³-hybridized carbons (Fsp3) is 0.235. The molecular formula is C17H16FNO3. The number of benzene rings is 2. The predicted octanol–water partition coefficient (Wildman–Crippen LogP) is 3.24. The Morgan fingerprint density at radius 2 is 2.05 bits per heavy atom. The van der Waals surface area contributed by atoms with Gasteiger partial charge in [-0.15, -0.1) is 0 Å². The van der Waals surface area contributed by atoms with Gasteiger partial charge in [-0.1, -0.05) is 25.1 Å². The highest BCUT2D eigenvalue weighted by Crippen LogP contribution is 2.38. The van der Waals surface area contributed by atoms with Crippen LogP contribution in [0.1, 0.15) is 18.9 Å². The third-order valence-electron chi connectivity index (χ3n) is 3.70. The third kappa shape index (κ3) is 2.50. The molecule has 1 heterocycles. The molecule has 2 aromatic carbocycles. The lowest BCUT2D eigenvalue weighted by molar-refractivity contribution is -0.126. The molecule has 1 amide bonds. The molecule has 0 radical (unpaired) electrons. The van der Waals surface area contributed by atoms with Crippen LogP contribution in [0.2, 0.25) is 0 Å². The molecule has 5 heteroatoms. The molecular weight excluding hydrogens is 285 g/mol. The maximum Gasteiger partial charge on any atom is 0.268 e. The fourth-order valence-electron chi connectivity index (χ4n) is 2.53. The van der Waals surface area contributed by atoms with Crippen molar-refractivity contribution in [2.45, 2.75) is 26.0 Å². The Morgan fingerprint density at radius 1 is 1.27 bits per heavy atom. The minimum Gasteiger partial charge on any atom is -0.508 e. The number of halogens is 1. The van der Waals surface area contributed by atoms with Gasteiger partial charge in [-0.2, -0.15) is 0 Å². The smallest absolute Gasteiger partial charge is 0.268 e. The number of phenolic OH excluding ortho intramolecular Hbond substituents is 1. The van der Waals surface area contributed by atoms with Crippen molar-refractivity contribution in [3.05, 3.63) is 53.8 Å². The van der Waals surface area contributed by atoms with Crippen molar-refractivity contribution in [3.8, 4) is 11.5 Å². The van der Waals surface area contributed by atoms with Crippen molar-refractivity contribution < 1.29 is 19.0 Å². The first-order valence-electron chi connectivity index (χ1n) is 7.14. The van der Waals surface area contributed by atoms with Gasteiger partial charge in [-0.3, -0.25) is 4.79 Å². The summed E-state index contributed by atoms with van der Waals surface area (Å²) in [5.41, 5.74) is 0.974. The van der Waals surface area contributed by atoms with E-state index >= 15 is 0 Å². The molecule has 4 nitrogen and oxygen atoms in total. The molecule has 1 aliphatic heterocycles. The molecule has 22 heavy (non-hydrogen) atoms. The number of hydrogen-bond donors (Lipinski definition) is 1. The highest BCUT2D eigenvalue weighted by Gasteiger charge is 2.33. The summed E-state index contributed by atoms with van der Waals surface area (Å²) in [5.74, 6) is -0.0595. The Hall–Kier alpha value is -2.56. The maximum absolute atomic E-state index is 13.9. The van der Waals surface area contributed by atoms with Gasteiger partial charge in [0, 0.05) is 11.6 Å². The van der Waals surface area contributed by atoms with E-state index in [1.807, 2.05) is 6.92 Å². The average molecular weight is 301 g/mol. The number of aromatic hydroxyl groups is 1. The molecule has 0 saturated heterocycles. The standard InChI is InChI=1S/C17H16FNO3/c1-2-15-17(21)19(10-11-5-3-4-6-13(11)18)14-8-7-12(20)9-16(14)22-15/h3-9,15,20H,2,10H2,1H3. The molecule has 0 saturated carbocycles. The number of carbonyl (C=O) groups excluding carboxylic acids is 1. The van der Waals surface area contributed by atoms with E-state index in [1.165, 1.54) is 23.1 Å². The molecule has 1 atom stereocenters. The summed E-state index contributed by atoms with van der Waals surface area (Å²) in [5, 5.41) is 9.59. The van der Waals surface area contributed by atoms with Crippen molar-refractivity contribution in [3.63, 3.8) is 0 Å². The van der Waals surface area contributed by atoms with Crippen molar-refractivity contribution >= 4 is 11.6 Å². The highest BCUT2D eigenvalue weighted by molar-refractivity contribution is 6.00. The van der Waals surface area contributed by atoms with E-state index in [4.69, 9.17) is 4.74 Å². The van der Waals surface area contributed by atoms with Gasteiger partial charge in [-0.05, 0) is 24.6 Å². The molecule has 0 spiro atoms. The lowest BCUT2D eigenvalue weighted by atomic mass is 10.1. The first kappa shape index (κ1) is 14.4. The Bertz CT molecular complexity index is 717. The first-order valence-corrected chi connectivity index (χ1v) is 7.14. The van der Waals surface area contributed by atoms with Crippen LogP contribution in [0.25, 0.3) is 0 Å². The van der Waals surface area contributed by atoms with Gasteiger partial charge in [0.25, 0.3) is 5.91 Å². The molecule has 0 aromatic heterocycles. The van der Waals surface area contributed by atoms with Crippen LogP contribution in [0.4, 0.5) is 10.1 Å². The number of nitrogens with zero attached hydrogens (tertiary/aromatic N) is 1. The summed E-state index contributed by atoms with van der Waals surface area (Å²) in [4.78, 5) is 14.0. The monoisotopic (exact) mass is 301 g/mol. The lowest BCUT2D eigenvalue weighted by Crippen LogP contribution is -2.45. The van der Waals surface area contributed by atoms with E-state index < -0.39 is 6.10 Å². The van der Waals surface area contributed by atoms with Gasteiger partial charge < -0.3 is 14.7 Å². The van der Waals surface area contributed by atoms with Crippen LogP contribution in [0.3, 0.4) is 0 Å². The van der Waals surface area contributed by atoms with Gasteiger partial charge in [0.05, 0.1) is 12.2 Å². The van der Waals surface area contributed by atoms with Gasteiger partial charge in [0.1, 0.15) is 17.3 Å². The van der Waals surface area contributed by atoms with Crippen LogP contribution in [0.15, 0.2) is 42.5 Å². The van der Waals surface area contributed by atoms with Crippen LogP contribution >= 0.6 is 0 Å². The molecule has 2 aromatic rings. The quantitative estimate of drug-likeness (QED) is 0.947. The zero-order valence-electron chi connectivity index (χ0n) is 12.1. The van der Waals surface area contributed by atoms with Crippen LogP contribution in [-0.4, -0.2) is 17.1 Å². The van der Waals surface area contributed by atoms with E-state index in [1.54, 1.807) is 24.3 Å². The number of fused-ring (bicyclic) bond motifs is 1. The first-order chi connectivity index (χ1) is 10.6. The summed E-state index contributed by atoms with van der Waals surface area (Å²) in [6, 6.07) is 10.9. The zero-order valence-corrected chi connectivity index (χ0v) is 12.1. The van der Waals surface area contributed by atoms with Gasteiger partial charge >= 0.3 is 0 Å². The van der Waals surface area contributed by atoms with Crippen molar-refractivity contribution in [2.24, 2.45) is 0 Å². The molecule has 1 aliphatic rings. The highest BCUT2D eigenvalue weighted by atomic mass is 19.1. The summed E-state index contributed by atoms with van der Waals surface area (Å²) >= 11 is 0. The molecule has 3 rings (SSSR count). The zero-order chi connectivity index (χ0) is 15.7. The second kappa shape index (κ2) is 5.67.